The van der Waals surface area contributed by atoms with Crippen molar-refractivity contribution in [2.45, 2.75) is 0 Å². The number of anilines is 1. The molecular weight excluding hydrogens is 284 g/mol. The predicted octanol–water partition coefficient (Wildman–Crippen LogP) is 1.98. The first-order valence-corrected chi connectivity index (χ1v) is 5.88. The lowest BCUT2D eigenvalue weighted by molar-refractivity contribution is 0.0696. The van der Waals surface area contributed by atoms with Crippen LogP contribution < -0.4 is 10.9 Å². The fourth-order valence-electron chi connectivity index (χ4n) is 1.56. The van der Waals surface area contributed by atoms with Gasteiger partial charge in [0.1, 0.15) is 0 Å². The van der Waals surface area contributed by atoms with Crippen molar-refractivity contribution in [1.29, 1.82) is 0 Å². The Bertz CT molecular complexity index is 739. The molecule has 2 aromatic rings. The highest BCUT2D eigenvalue weighted by Gasteiger charge is 2.12. The molecule has 2 rings (SSSR count). The highest BCUT2D eigenvalue weighted by Crippen LogP contribution is 2.20. The Morgan fingerprint density at radius 3 is 2.60 bits per heavy atom. The van der Waals surface area contributed by atoms with Gasteiger partial charge in [-0.15, -0.1) is 0 Å². The zero-order valence-electron chi connectivity index (χ0n) is 10.0. The van der Waals surface area contributed by atoms with Crippen LogP contribution in [0.25, 0.3) is 0 Å². The average Bonchev–Trinajstić information content (AvgIpc) is 2.40. The molecule has 0 atom stereocenters. The normalized spacial score (nSPS) is 10.1. The maximum absolute atomic E-state index is 11.9. The van der Waals surface area contributed by atoms with Crippen molar-refractivity contribution in [3.8, 4) is 0 Å². The predicted molar refractivity (Wildman–Crippen MR) is 73.4 cm³/mol. The van der Waals surface area contributed by atoms with E-state index in [9.17, 15) is 14.4 Å². The largest absolute Gasteiger partial charge is 0.478 e. The first-order chi connectivity index (χ1) is 9.47. The molecule has 7 heteroatoms. The number of aromatic nitrogens is 1. The molecule has 0 aliphatic carbocycles. The summed E-state index contributed by atoms with van der Waals surface area (Å²) in [7, 11) is 0. The number of carbonyl (C=O) groups is 2. The van der Waals surface area contributed by atoms with E-state index >= 15 is 0 Å². The summed E-state index contributed by atoms with van der Waals surface area (Å²) in [4.78, 5) is 36.3. The maximum atomic E-state index is 11.9. The fraction of sp³-hybridized carbons (Fsp3) is 0. The number of benzene rings is 1. The van der Waals surface area contributed by atoms with Crippen molar-refractivity contribution in [2.24, 2.45) is 0 Å². The average molecular weight is 293 g/mol. The number of hydrogen-bond acceptors (Lipinski definition) is 3. The van der Waals surface area contributed by atoms with E-state index in [0.717, 1.165) is 6.07 Å². The third kappa shape index (κ3) is 3.04. The van der Waals surface area contributed by atoms with E-state index in [-0.39, 0.29) is 21.8 Å². The first-order valence-electron chi connectivity index (χ1n) is 5.50. The number of amides is 1. The lowest BCUT2D eigenvalue weighted by Crippen LogP contribution is -2.15. The van der Waals surface area contributed by atoms with E-state index in [1.807, 2.05) is 0 Å². The van der Waals surface area contributed by atoms with Crippen LogP contribution in [0.1, 0.15) is 20.7 Å². The fourth-order valence-corrected chi connectivity index (χ4v) is 1.75. The molecule has 0 aliphatic heterocycles. The summed E-state index contributed by atoms with van der Waals surface area (Å²) in [5.41, 5.74) is -0.0759. The Kier molecular flexibility index (Phi) is 3.86. The van der Waals surface area contributed by atoms with Crippen molar-refractivity contribution in [1.82, 2.24) is 4.98 Å². The van der Waals surface area contributed by atoms with Crippen LogP contribution in [0.2, 0.25) is 5.02 Å². The van der Waals surface area contributed by atoms with Crippen LogP contribution in [0.15, 0.2) is 41.3 Å². The van der Waals surface area contributed by atoms with Gasteiger partial charge in [0.2, 0.25) is 5.56 Å². The van der Waals surface area contributed by atoms with E-state index in [2.05, 4.69) is 10.3 Å². The second kappa shape index (κ2) is 5.58. The molecule has 0 saturated heterocycles. The topological polar surface area (TPSA) is 99.3 Å². The van der Waals surface area contributed by atoms with E-state index in [1.54, 1.807) is 0 Å². The summed E-state index contributed by atoms with van der Waals surface area (Å²) in [5.74, 6) is -1.71. The number of halogens is 1. The molecule has 6 nitrogen and oxygen atoms in total. The first kappa shape index (κ1) is 13.8. The van der Waals surface area contributed by atoms with E-state index in [0.29, 0.717) is 0 Å². The Hall–Kier alpha value is -2.60. The number of carboxylic acid groups (broad SMARTS) is 1. The van der Waals surface area contributed by atoms with Crippen molar-refractivity contribution in [2.75, 3.05) is 5.32 Å². The zero-order chi connectivity index (χ0) is 14.7. The standard InChI is InChI=1S/C13H9ClN2O4/c14-10-2-1-8(6-9(10)13(19)20)16-12(18)7-3-4-15-11(17)5-7/h1-6H,(H,15,17)(H,16,18)(H,19,20). The molecule has 0 saturated carbocycles. The summed E-state index contributed by atoms with van der Waals surface area (Å²) in [6, 6.07) is 6.67. The number of hydrogen-bond donors (Lipinski definition) is 3. The van der Waals surface area contributed by atoms with Crippen LogP contribution in [0.3, 0.4) is 0 Å². The van der Waals surface area contributed by atoms with Gasteiger partial charge in [-0.05, 0) is 24.3 Å². The zero-order valence-corrected chi connectivity index (χ0v) is 10.8. The van der Waals surface area contributed by atoms with E-state index in [1.165, 1.54) is 30.5 Å². The van der Waals surface area contributed by atoms with Crippen molar-refractivity contribution < 1.29 is 14.7 Å². The van der Waals surface area contributed by atoms with E-state index < -0.39 is 17.4 Å². The number of pyridine rings is 1. The second-order valence-electron chi connectivity index (χ2n) is 3.90. The molecule has 20 heavy (non-hydrogen) atoms. The summed E-state index contributed by atoms with van der Waals surface area (Å²) >= 11 is 5.73. The van der Waals surface area contributed by atoms with Gasteiger partial charge in [0, 0.05) is 23.5 Å². The van der Waals surface area contributed by atoms with Gasteiger partial charge in [0.15, 0.2) is 0 Å². The van der Waals surface area contributed by atoms with Crippen molar-refractivity contribution in [3.05, 3.63) is 63.0 Å². The minimum Gasteiger partial charge on any atom is -0.478 e. The van der Waals surface area contributed by atoms with Gasteiger partial charge in [-0.25, -0.2) is 4.79 Å². The molecule has 1 aromatic carbocycles. The minimum absolute atomic E-state index is 0.0756. The van der Waals surface area contributed by atoms with Gasteiger partial charge in [0.05, 0.1) is 10.6 Å². The Morgan fingerprint density at radius 1 is 1.20 bits per heavy atom. The molecule has 0 aliphatic rings. The SMILES string of the molecule is O=C(Nc1ccc(Cl)c(C(=O)O)c1)c1cc[nH]c(=O)c1. The molecule has 0 unspecified atom stereocenters. The Balaban J connectivity index is 2.26. The molecule has 1 amide bonds. The van der Waals surface area contributed by atoms with Gasteiger partial charge in [0.25, 0.3) is 5.91 Å². The number of carbonyl (C=O) groups excluding carboxylic acids is 1. The summed E-state index contributed by atoms with van der Waals surface area (Å²) < 4.78 is 0. The van der Waals surface area contributed by atoms with Crippen LogP contribution in [0.4, 0.5) is 5.69 Å². The van der Waals surface area contributed by atoms with Gasteiger partial charge in [-0.3, -0.25) is 9.59 Å². The van der Waals surface area contributed by atoms with Crippen LogP contribution >= 0.6 is 11.6 Å². The minimum atomic E-state index is -1.19. The Morgan fingerprint density at radius 2 is 1.95 bits per heavy atom. The van der Waals surface area contributed by atoms with Crippen LogP contribution in [0, 0.1) is 0 Å². The molecule has 0 spiro atoms. The Labute approximate surface area is 118 Å². The number of nitrogens with one attached hydrogen (secondary N) is 2. The van der Waals surface area contributed by atoms with E-state index in [4.69, 9.17) is 16.7 Å². The van der Waals surface area contributed by atoms with Gasteiger partial charge in [-0.2, -0.15) is 0 Å². The molecule has 0 fully saturated rings. The molecule has 3 N–H and O–H groups in total. The van der Waals surface area contributed by atoms with Crippen LogP contribution in [-0.4, -0.2) is 22.0 Å². The van der Waals surface area contributed by atoms with Gasteiger partial charge >= 0.3 is 5.97 Å². The summed E-state index contributed by atoms with van der Waals surface area (Å²) in [6.07, 6.45) is 1.35. The summed E-state index contributed by atoms with van der Waals surface area (Å²) in [6.45, 7) is 0. The molecule has 1 heterocycles. The second-order valence-corrected chi connectivity index (χ2v) is 4.30. The third-order valence-electron chi connectivity index (χ3n) is 2.49. The van der Waals surface area contributed by atoms with Gasteiger partial charge < -0.3 is 15.4 Å². The quantitative estimate of drug-likeness (QED) is 0.805. The molecule has 102 valence electrons. The van der Waals surface area contributed by atoms with Crippen LogP contribution in [-0.2, 0) is 0 Å². The number of rotatable bonds is 3. The third-order valence-corrected chi connectivity index (χ3v) is 2.82. The lowest BCUT2D eigenvalue weighted by Gasteiger charge is -2.07. The number of H-pyrrole nitrogens is 1. The summed E-state index contributed by atoms with van der Waals surface area (Å²) in [5, 5.41) is 11.5. The number of carboxylic acids is 1. The highest BCUT2D eigenvalue weighted by atomic mass is 35.5. The van der Waals surface area contributed by atoms with Crippen molar-refractivity contribution >= 4 is 29.2 Å². The number of aromatic carboxylic acids is 1. The highest BCUT2D eigenvalue weighted by molar-refractivity contribution is 6.33. The smallest absolute Gasteiger partial charge is 0.337 e. The molecule has 0 radical (unpaired) electrons. The molecule has 1 aromatic heterocycles. The molecular formula is C13H9ClN2O4. The van der Waals surface area contributed by atoms with Crippen LogP contribution in [0.5, 0.6) is 0 Å². The maximum Gasteiger partial charge on any atom is 0.337 e. The van der Waals surface area contributed by atoms with Gasteiger partial charge in [-0.1, -0.05) is 11.6 Å². The molecule has 0 bridgehead atoms. The van der Waals surface area contributed by atoms with Crippen molar-refractivity contribution in [3.63, 3.8) is 0 Å². The lowest BCUT2D eigenvalue weighted by atomic mass is 10.2. The number of aromatic amines is 1. The monoisotopic (exact) mass is 292 g/mol.